The fourth-order valence-corrected chi connectivity index (χ4v) is 3.81. The number of aromatic nitrogens is 3. The number of nitrogens with one attached hydrogen (secondary N) is 1. The summed E-state index contributed by atoms with van der Waals surface area (Å²) in [5.41, 5.74) is 1.65. The van der Waals surface area contributed by atoms with E-state index < -0.39 is 0 Å². The van der Waals surface area contributed by atoms with Gasteiger partial charge in [0, 0.05) is 11.8 Å². The Morgan fingerprint density at radius 3 is 2.72 bits per heavy atom. The van der Waals surface area contributed by atoms with Crippen LogP contribution in [0.2, 0.25) is 0 Å². The summed E-state index contributed by atoms with van der Waals surface area (Å²) in [5, 5.41) is 13.7. The number of carbonyl (C=O) groups is 1. The van der Waals surface area contributed by atoms with E-state index in [1.807, 2.05) is 78.2 Å². The molecule has 1 atom stereocenters. The normalized spacial score (nSPS) is 11.9. The number of hydrogen-bond acceptors (Lipinski definition) is 5. The summed E-state index contributed by atoms with van der Waals surface area (Å²) >= 11 is 1.35. The summed E-state index contributed by atoms with van der Waals surface area (Å²) < 4.78 is 7.12. The minimum absolute atomic E-state index is 0.0922. The summed E-state index contributed by atoms with van der Waals surface area (Å²) in [6.45, 7) is 1.85. The zero-order valence-electron chi connectivity index (χ0n) is 16.1. The minimum atomic E-state index is -0.352. The van der Waals surface area contributed by atoms with Crippen molar-refractivity contribution in [3.63, 3.8) is 0 Å². The van der Waals surface area contributed by atoms with E-state index in [4.69, 9.17) is 4.74 Å². The Balaban J connectivity index is 1.48. The molecule has 0 spiro atoms. The molecule has 4 rings (SSSR count). The van der Waals surface area contributed by atoms with E-state index in [-0.39, 0.29) is 11.2 Å². The Hall–Kier alpha value is -3.32. The van der Waals surface area contributed by atoms with Gasteiger partial charge in [-0.3, -0.25) is 9.36 Å². The van der Waals surface area contributed by atoms with Crippen LogP contribution in [0.3, 0.4) is 0 Å². The monoisotopic (exact) mass is 404 g/mol. The lowest BCUT2D eigenvalue weighted by molar-refractivity contribution is -0.115. The maximum Gasteiger partial charge on any atom is 0.237 e. The van der Waals surface area contributed by atoms with Crippen LogP contribution < -0.4 is 10.1 Å². The lowest BCUT2D eigenvalue weighted by atomic mass is 10.1. The third-order valence-electron chi connectivity index (χ3n) is 4.52. The van der Waals surface area contributed by atoms with Crippen LogP contribution in [-0.2, 0) is 4.79 Å². The second kappa shape index (κ2) is 8.36. The van der Waals surface area contributed by atoms with Gasteiger partial charge in [0.15, 0.2) is 5.16 Å². The van der Waals surface area contributed by atoms with Crippen molar-refractivity contribution in [3.05, 3.63) is 73.1 Å². The van der Waals surface area contributed by atoms with Crippen LogP contribution in [-0.4, -0.2) is 33.0 Å². The molecule has 0 saturated heterocycles. The lowest BCUT2D eigenvalue weighted by Crippen LogP contribution is -2.22. The Morgan fingerprint density at radius 2 is 1.90 bits per heavy atom. The molecule has 0 unspecified atom stereocenters. The molecule has 0 bridgehead atoms. The fourth-order valence-electron chi connectivity index (χ4n) is 2.96. The number of fused-ring (bicyclic) bond motifs is 1. The largest absolute Gasteiger partial charge is 0.497 e. The van der Waals surface area contributed by atoms with Gasteiger partial charge >= 0.3 is 0 Å². The maximum atomic E-state index is 12.7. The Labute approximate surface area is 172 Å². The molecule has 0 aliphatic rings. The van der Waals surface area contributed by atoms with Gasteiger partial charge in [0.2, 0.25) is 5.91 Å². The van der Waals surface area contributed by atoms with Gasteiger partial charge in [-0.25, -0.2) is 0 Å². The van der Waals surface area contributed by atoms with Crippen molar-refractivity contribution in [1.82, 2.24) is 14.8 Å². The van der Waals surface area contributed by atoms with Crippen LogP contribution in [0, 0.1) is 0 Å². The molecule has 7 heteroatoms. The first-order chi connectivity index (χ1) is 14.1. The fraction of sp³-hybridized carbons (Fsp3) is 0.136. The molecule has 146 valence electrons. The van der Waals surface area contributed by atoms with E-state index in [0.717, 1.165) is 27.9 Å². The highest BCUT2D eigenvalue weighted by Crippen LogP contribution is 2.27. The van der Waals surface area contributed by atoms with Crippen LogP contribution in [0.15, 0.2) is 78.2 Å². The number of amides is 1. The number of hydrogen-bond donors (Lipinski definition) is 1. The molecule has 0 saturated carbocycles. The highest BCUT2D eigenvalue weighted by atomic mass is 32.2. The number of rotatable bonds is 6. The van der Waals surface area contributed by atoms with Crippen molar-refractivity contribution < 1.29 is 9.53 Å². The van der Waals surface area contributed by atoms with Crippen molar-refractivity contribution in [2.75, 3.05) is 12.4 Å². The van der Waals surface area contributed by atoms with Crippen molar-refractivity contribution in [1.29, 1.82) is 0 Å². The predicted molar refractivity (Wildman–Crippen MR) is 116 cm³/mol. The number of anilines is 1. The van der Waals surface area contributed by atoms with Crippen molar-refractivity contribution in [2.45, 2.75) is 17.3 Å². The SMILES string of the molecule is COc1cccc(-n2cnnc2S[C@H](C)C(=O)Nc2ccc3ccccc3c2)c1. The zero-order valence-corrected chi connectivity index (χ0v) is 16.9. The van der Waals surface area contributed by atoms with E-state index in [1.54, 1.807) is 13.4 Å². The smallest absolute Gasteiger partial charge is 0.237 e. The van der Waals surface area contributed by atoms with Gasteiger partial charge in [-0.2, -0.15) is 0 Å². The topological polar surface area (TPSA) is 69.0 Å². The summed E-state index contributed by atoms with van der Waals surface area (Å²) in [5.74, 6) is 0.653. The standard InChI is InChI=1S/C22H20N4O2S/c1-15(21(27)24-18-11-10-16-6-3-4-7-17(16)12-18)29-22-25-23-14-26(22)19-8-5-9-20(13-19)28-2/h3-15H,1-2H3,(H,24,27)/t15-/m1/s1. The second-order valence-electron chi connectivity index (χ2n) is 6.50. The minimum Gasteiger partial charge on any atom is -0.497 e. The van der Waals surface area contributed by atoms with Crippen LogP contribution in [0.5, 0.6) is 5.75 Å². The Morgan fingerprint density at radius 1 is 1.07 bits per heavy atom. The van der Waals surface area contributed by atoms with Gasteiger partial charge in [0.05, 0.1) is 18.0 Å². The highest BCUT2D eigenvalue weighted by molar-refractivity contribution is 8.00. The van der Waals surface area contributed by atoms with Crippen molar-refractivity contribution in [2.24, 2.45) is 0 Å². The number of carbonyl (C=O) groups excluding carboxylic acids is 1. The van der Waals surface area contributed by atoms with E-state index in [9.17, 15) is 4.79 Å². The van der Waals surface area contributed by atoms with E-state index >= 15 is 0 Å². The van der Waals surface area contributed by atoms with Crippen LogP contribution >= 0.6 is 11.8 Å². The number of benzene rings is 3. The Bertz CT molecular complexity index is 1160. The molecular weight excluding hydrogens is 384 g/mol. The summed E-state index contributed by atoms with van der Waals surface area (Å²) in [4.78, 5) is 12.7. The first-order valence-electron chi connectivity index (χ1n) is 9.15. The first kappa shape index (κ1) is 19.0. The number of methoxy groups -OCH3 is 1. The molecule has 4 aromatic rings. The van der Waals surface area contributed by atoms with Gasteiger partial charge in [-0.1, -0.05) is 48.2 Å². The number of ether oxygens (including phenoxy) is 1. The van der Waals surface area contributed by atoms with Gasteiger partial charge in [0.1, 0.15) is 12.1 Å². The third-order valence-corrected chi connectivity index (χ3v) is 5.57. The first-order valence-corrected chi connectivity index (χ1v) is 10.0. The molecular formula is C22H20N4O2S. The second-order valence-corrected chi connectivity index (χ2v) is 7.80. The molecule has 0 aliphatic carbocycles. The number of thioether (sulfide) groups is 1. The van der Waals surface area contributed by atoms with Crippen molar-refractivity contribution >= 4 is 34.1 Å². The van der Waals surface area contributed by atoms with E-state index in [0.29, 0.717) is 5.16 Å². The summed E-state index contributed by atoms with van der Waals surface area (Å²) in [7, 11) is 1.63. The average Bonchev–Trinajstić information content (AvgIpc) is 3.21. The predicted octanol–water partition coefficient (Wildman–Crippen LogP) is 4.55. The Kier molecular flexibility index (Phi) is 5.48. The van der Waals surface area contributed by atoms with Gasteiger partial charge < -0.3 is 10.1 Å². The van der Waals surface area contributed by atoms with Crippen LogP contribution in [0.4, 0.5) is 5.69 Å². The summed E-state index contributed by atoms with van der Waals surface area (Å²) in [6, 6.07) is 21.6. The van der Waals surface area contributed by atoms with Crippen LogP contribution in [0.25, 0.3) is 16.5 Å². The van der Waals surface area contributed by atoms with Crippen molar-refractivity contribution in [3.8, 4) is 11.4 Å². The lowest BCUT2D eigenvalue weighted by Gasteiger charge is -2.13. The summed E-state index contributed by atoms with van der Waals surface area (Å²) in [6.07, 6.45) is 1.63. The van der Waals surface area contributed by atoms with Gasteiger partial charge in [0.25, 0.3) is 0 Å². The molecule has 0 radical (unpaired) electrons. The number of nitrogens with zero attached hydrogens (tertiary/aromatic N) is 3. The molecule has 3 aromatic carbocycles. The third kappa shape index (κ3) is 4.25. The van der Waals surface area contributed by atoms with E-state index in [1.165, 1.54) is 11.8 Å². The zero-order chi connectivity index (χ0) is 20.2. The molecule has 0 aliphatic heterocycles. The molecule has 1 aromatic heterocycles. The average molecular weight is 404 g/mol. The molecule has 1 N–H and O–H groups in total. The maximum absolute atomic E-state index is 12.7. The van der Waals surface area contributed by atoms with Crippen LogP contribution in [0.1, 0.15) is 6.92 Å². The molecule has 0 fully saturated rings. The van der Waals surface area contributed by atoms with E-state index in [2.05, 4.69) is 15.5 Å². The molecule has 1 heterocycles. The van der Waals surface area contributed by atoms with Gasteiger partial charge in [-0.15, -0.1) is 10.2 Å². The highest BCUT2D eigenvalue weighted by Gasteiger charge is 2.19. The molecule has 1 amide bonds. The molecule has 6 nitrogen and oxygen atoms in total. The quantitative estimate of drug-likeness (QED) is 0.478. The van der Waals surface area contributed by atoms with Gasteiger partial charge in [-0.05, 0) is 42.0 Å². The molecule has 29 heavy (non-hydrogen) atoms.